The number of para-hydroxylation sites is 1. The quantitative estimate of drug-likeness (QED) is 0.680. The Morgan fingerprint density at radius 3 is 1.52 bits per heavy atom. The van der Waals surface area contributed by atoms with Crippen LogP contribution in [-0.4, -0.2) is 14.2 Å². The maximum atomic E-state index is 14.0. The summed E-state index contributed by atoms with van der Waals surface area (Å²) in [4.78, 5) is 0. The van der Waals surface area contributed by atoms with Crippen molar-refractivity contribution in [2.75, 3.05) is 19.3 Å². The first-order chi connectivity index (χ1) is 12.2. The van der Waals surface area contributed by atoms with Crippen molar-refractivity contribution in [2.24, 2.45) is 0 Å². The molecule has 4 nitrogen and oxygen atoms in total. The summed E-state index contributed by atoms with van der Waals surface area (Å²) in [5.41, 5.74) is 0.803. The average molecular weight is 353 g/mol. The first-order valence-electron chi connectivity index (χ1n) is 7.88. The summed E-state index contributed by atoms with van der Waals surface area (Å²) in [6, 6.07) is 24.2. The molecule has 0 fully saturated rings. The van der Waals surface area contributed by atoms with Gasteiger partial charge in [0.05, 0.1) is 14.2 Å². The van der Waals surface area contributed by atoms with E-state index in [0.717, 1.165) is 17.2 Å². The third-order valence-electron chi connectivity index (χ3n) is 3.93. The van der Waals surface area contributed by atoms with Crippen LogP contribution in [0.2, 0.25) is 0 Å². The molecule has 0 aliphatic carbocycles. The van der Waals surface area contributed by atoms with Crippen LogP contribution < -0.4 is 25.2 Å². The van der Waals surface area contributed by atoms with E-state index < -0.39 is 7.29 Å². The molecule has 3 rings (SSSR count). The van der Waals surface area contributed by atoms with Crippen LogP contribution in [0.3, 0.4) is 0 Å². The lowest BCUT2D eigenvalue weighted by atomic mass is 10.3. The van der Waals surface area contributed by atoms with Gasteiger partial charge in [-0.15, -0.1) is 0 Å². The van der Waals surface area contributed by atoms with E-state index in [1.54, 1.807) is 14.2 Å². The van der Waals surface area contributed by atoms with Gasteiger partial charge in [-0.1, -0.05) is 18.2 Å². The lowest BCUT2D eigenvalue weighted by Crippen LogP contribution is -2.21. The van der Waals surface area contributed by atoms with E-state index in [1.165, 1.54) is 0 Å². The molecule has 0 aromatic heterocycles. The Morgan fingerprint density at radius 1 is 0.680 bits per heavy atom. The number of rotatable bonds is 6. The second-order valence-electron chi connectivity index (χ2n) is 5.48. The minimum absolute atomic E-state index is 0.710. The summed E-state index contributed by atoms with van der Waals surface area (Å²) in [5.74, 6) is 1.45. The second-order valence-corrected chi connectivity index (χ2v) is 7.96. The molecule has 25 heavy (non-hydrogen) atoms. The number of methoxy groups -OCH3 is 2. The van der Waals surface area contributed by atoms with Crippen molar-refractivity contribution >= 4 is 23.6 Å². The van der Waals surface area contributed by atoms with Crippen molar-refractivity contribution in [3.8, 4) is 11.5 Å². The van der Waals surface area contributed by atoms with Gasteiger partial charge >= 0.3 is 0 Å². The van der Waals surface area contributed by atoms with Crippen molar-refractivity contribution in [1.82, 2.24) is 0 Å². The molecule has 3 aromatic rings. The molecule has 0 saturated carbocycles. The Kier molecular flexibility index (Phi) is 5.11. The lowest BCUT2D eigenvalue weighted by Gasteiger charge is -2.22. The zero-order chi connectivity index (χ0) is 17.7. The van der Waals surface area contributed by atoms with Crippen LogP contribution >= 0.6 is 7.29 Å². The van der Waals surface area contributed by atoms with Gasteiger partial charge in [0, 0.05) is 16.3 Å². The van der Waals surface area contributed by atoms with Crippen LogP contribution in [-0.2, 0) is 4.57 Å². The van der Waals surface area contributed by atoms with Crippen molar-refractivity contribution < 1.29 is 14.0 Å². The van der Waals surface area contributed by atoms with Crippen molar-refractivity contribution in [3.63, 3.8) is 0 Å². The summed E-state index contributed by atoms with van der Waals surface area (Å²) >= 11 is 0. The molecular weight excluding hydrogens is 333 g/mol. The second kappa shape index (κ2) is 7.45. The van der Waals surface area contributed by atoms with E-state index in [1.807, 2.05) is 78.9 Å². The number of hydrogen-bond donors (Lipinski definition) is 1. The SMILES string of the molecule is COc1ccc(P(=O)(Nc2ccccc2)c2ccc(OC)cc2)cc1. The first kappa shape index (κ1) is 17.1. The van der Waals surface area contributed by atoms with Gasteiger partial charge in [0.25, 0.3) is 0 Å². The van der Waals surface area contributed by atoms with Crippen LogP contribution in [0.4, 0.5) is 5.69 Å². The first-order valence-corrected chi connectivity index (χ1v) is 9.59. The number of benzene rings is 3. The van der Waals surface area contributed by atoms with Gasteiger partial charge in [0.15, 0.2) is 0 Å². The molecule has 0 aliphatic heterocycles. The highest BCUT2D eigenvalue weighted by atomic mass is 31.2. The van der Waals surface area contributed by atoms with E-state index in [9.17, 15) is 4.57 Å². The van der Waals surface area contributed by atoms with E-state index >= 15 is 0 Å². The standard InChI is InChI=1S/C20H20NO3P/c1-23-17-8-12-19(13-9-17)25(22,21-16-6-4-3-5-7-16)20-14-10-18(24-2)11-15-20/h3-15H,1-2H3,(H,21,22). The summed E-state index contributed by atoms with van der Waals surface area (Å²) < 4.78 is 24.4. The highest BCUT2D eigenvalue weighted by Crippen LogP contribution is 2.43. The predicted molar refractivity (Wildman–Crippen MR) is 103 cm³/mol. The zero-order valence-electron chi connectivity index (χ0n) is 14.2. The lowest BCUT2D eigenvalue weighted by molar-refractivity contribution is 0.415. The fourth-order valence-electron chi connectivity index (χ4n) is 2.56. The van der Waals surface area contributed by atoms with Gasteiger partial charge in [-0.2, -0.15) is 0 Å². The molecule has 0 radical (unpaired) electrons. The molecule has 0 unspecified atom stereocenters. The Bertz CT molecular complexity index is 810. The minimum Gasteiger partial charge on any atom is -0.497 e. The van der Waals surface area contributed by atoms with Gasteiger partial charge < -0.3 is 14.6 Å². The summed E-state index contributed by atoms with van der Waals surface area (Å²) in [7, 11) is 0.155. The molecule has 3 aromatic carbocycles. The van der Waals surface area contributed by atoms with Crippen LogP contribution in [0.15, 0.2) is 78.9 Å². The molecule has 128 valence electrons. The van der Waals surface area contributed by atoms with Crippen molar-refractivity contribution in [2.45, 2.75) is 0 Å². The number of ether oxygens (including phenoxy) is 2. The summed E-state index contributed by atoms with van der Waals surface area (Å²) in [6.07, 6.45) is 0. The van der Waals surface area contributed by atoms with E-state index in [4.69, 9.17) is 9.47 Å². The fourth-order valence-corrected chi connectivity index (χ4v) is 4.76. The molecule has 1 N–H and O–H groups in total. The van der Waals surface area contributed by atoms with Crippen molar-refractivity contribution in [3.05, 3.63) is 78.9 Å². The predicted octanol–water partition coefficient (Wildman–Crippen LogP) is 4.04. The third-order valence-corrected chi connectivity index (χ3v) is 6.56. The maximum absolute atomic E-state index is 14.0. The average Bonchev–Trinajstić information content (AvgIpc) is 2.69. The van der Waals surface area contributed by atoms with Crippen LogP contribution in [0.25, 0.3) is 0 Å². The van der Waals surface area contributed by atoms with Gasteiger partial charge in [-0.25, -0.2) is 0 Å². The van der Waals surface area contributed by atoms with Gasteiger partial charge in [-0.3, -0.25) is 4.57 Å². The third kappa shape index (κ3) is 3.70. The van der Waals surface area contributed by atoms with Crippen LogP contribution in [0.1, 0.15) is 0 Å². The smallest absolute Gasteiger partial charge is 0.227 e. The topological polar surface area (TPSA) is 47.6 Å². The van der Waals surface area contributed by atoms with Gasteiger partial charge in [0.2, 0.25) is 7.29 Å². The molecular formula is C20H20NO3P. The Labute approximate surface area is 147 Å². The highest BCUT2D eigenvalue weighted by molar-refractivity contribution is 7.80. The van der Waals surface area contributed by atoms with E-state index in [0.29, 0.717) is 10.6 Å². The molecule has 0 atom stereocenters. The maximum Gasteiger partial charge on any atom is 0.227 e. The van der Waals surface area contributed by atoms with Gasteiger partial charge in [-0.05, 0) is 60.7 Å². The summed E-state index contributed by atoms with van der Waals surface area (Å²) in [5, 5.41) is 4.66. The number of hydrogen-bond acceptors (Lipinski definition) is 3. The fraction of sp³-hybridized carbons (Fsp3) is 0.100. The Balaban J connectivity index is 2.07. The van der Waals surface area contributed by atoms with Crippen molar-refractivity contribution in [1.29, 1.82) is 0 Å². The Morgan fingerprint density at radius 2 is 1.12 bits per heavy atom. The zero-order valence-corrected chi connectivity index (χ0v) is 15.1. The van der Waals surface area contributed by atoms with E-state index in [2.05, 4.69) is 5.09 Å². The molecule has 0 aliphatic rings. The van der Waals surface area contributed by atoms with Crippen LogP contribution in [0, 0.1) is 0 Å². The molecule has 0 spiro atoms. The monoisotopic (exact) mass is 353 g/mol. The molecule has 0 heterocycles. The molecule has 5 heteroatoms. The molecule has 0 saturated heterocycles. The molecule has 0 bridgehead atoms. The number of anilines is 1. The summed E-state index contributed by atoms with van der Waals surface area (Å²) in [6.45, 7) is 0. The van der Waals surface area contributed by atoms with Gasteiger partial charge in [0.1, 0.15) is 11.5 Å². The minimum atomic E-state index is -3.07. The largest absolute Gasteiger partial charge is 0.497 e. The van der Waals surface area contributed by atoms with E-state index in [-0.39, 0.29) is 0 Å². The van der Waals surface area contributed by atoms with Crippen LogP contribution in [0.5, 0.6) is 11.5 Å². The highest BCUT2D eigenvalue weighted by Gasteiger charge is 2.27. The molecule has 0 amide bonds. The number of nitrogens with one attached hydrogen (secondary N) is 1. The normalized spacial score (nSPS) is 11.0. The Hall–Kier alpha value is -2.71.